The average Bonchev–Trinajstić information content (AvgIpc) is 3.06. The summed E-state index contributed by atoms with van der Waals surface area (Å²) in [6.07, 6.45) is -0.344. The van der Waals surface area contributed by atoms with Crippen molar-refractivity contribution in [3.63, 3.8) is 0 Å². The Labute approximate surface area is 172 Å². The van der Waals surface area contributed by atoms with Crippen molar-refractivity contribution in [3.8, 4) is 0 Å². The number of H-pyrrole nitrogens is 1. The Bertz CT molecular complexity index is 975. The number of benzene rings is 1. The van der Waals surface area contributed by atoms with Crippen molar-refractivity contribution < 1.29 is 10.2 Å². The van der Waals surface area contributed by atoms with Crippen molar-refractivity contribution in [1.29, 1.82) is 0 Å². The molecule has 1 saturated carbocycles. The highest BCUT2D eigenvalue weighted by atomic mass is 16.3. The first-order valence-electron chi connectivity index (χ1n) is 10.3. The van der Waals surface area contributed by atoms with Crippen LogP contribution in [0.15, 0.2) is 40.8 Å². The summed E-state index contributed by atoms with van der Waals surface area (Å²) in [5.74, 6) is -1.41. The van der Waals surface area contributed by atoms with E-state index in [9.17, 15) is 15.0 Å². The first kappa shape index (κ1) is 21.4. The minimum Gasteiger partial charge on any atom is -0.851 e. The smallest absolute Gasteiger partial charge is 0.269 e. The molecule has 0 radical (unpaired) electrons. The van der Waals surface area contributed by atoms with Crippen LogP contribution in [0.4, 0.5) is 5.69 Å². The fourth-order valence-electron chi connectivity index (χ4n) is 4.81. The fourth-order valence-corrected chi connectivity index (χ4v) is 4.81. The molecule has 2 aliphatic rings. The van der Waals surface area contributed by atoms with Crippen LogP contribution >= 0.6 is 0 Å². The third-order valence-electron chi connectivity index (χ3n) is 6.37. The third kappa shape index (κ3) is 3.06. The van der Waals surface area contributed by atoms with E-state index in [1.807, 2.05) is 39.1 Å². The Balaban J connectivity index is 0.00000117. The van der Waals surface area contributed by atoms with Crippen LogP contribution in [-0.4, -0.2) is 29.0 Å². The van der Waals surface area contributed by atoms with E-state index in [0.717, 1.165) is 11.4 Å². The molecule has 0 spiro atoms. The normalized spacial score (nSPS) is 28.6. The molecule has 1 aromatic heterocycles. The van der Waals surface area contributed by atoms with Crippen LogP contribution < -0.4 is 20.7 Å². The maximum atomic E-state index is 12.9. The second-order valence-electron chi connectivity index (χ2n) is 8.30. The van der Waals surface area contributed by atoms with Crippen molar-refractivity contribution in [1.82, 2.24) is 9.78 Å². The number of anilines is 1. The van der Waals surface area contributed by atoms with Gasteiger partial charge in [-0.05, 0) is 30.4 Å². The Morgan fingerprint density at radius 3 is 2.21 bits per heavy atom. The lowest BCUT2D eigenvalue weighted by Gasteiger charge is -2.60. The number of allylic oxidation sites excluding steroid dienone is 1. The number of nitrogens with zero attached hydrogens (tertiary/aromatic N) is 2. The van der Waals surface area contributed by atoms with Gasteiger partial charge in [0.1, 0.15) is 0 Å². The van der Waals surface area contributed by atoms with Crippen LogP contribution in [0.3, 0.4) is 0 Å². The maximum absolute atomic E-state index is 12.9. The topological polar surface area (TPSA) is 87.1 Å². The number of rotatable bonds is 2. The van der Waals surface area contributed by atoms with Crippen molar-refractivity contribution in [3.05, 3.63) is 63.2 Å². The lowest BCUT2D eigenvalue weighted by atomic mass is 9.65. The number of aromatic nitrogens is 2. The maximum Gasteiger partial charge on any atom is 0.269 e. The molecule has 1 fully saturated rings. The first-order chi connectivity index (χ1) is 13.7. The van der Waals surface area contributed by atoms with E-state index in [2.05, 4.69) is 36.0 Å². The van der Waals surface area contributed by atoms with Crippen molar-refractivity contribution in [2.45, 2.75) is 58.2 Å². The molecule has 2 atom stereocenters. The summed E-state index contributed by atoms with van der Waals surface area (Å²) < 4.78 is 1.33. The zero-order valence-electron chi connectivity index (χ0n) is 18.3. The molecule has 0 amide bonds. The average molecular weight is 398 g/mol. The number of hydrogen-bond acceptors (Lipinski definition) is 4. The summed E-state index contributed by atoms with van der Waals surface area (Å²) in [7, 11) is 3.57. The second kappa shape index (κ2) is 7.50. The molecule has 0 saturated heterocycles. The SMILES string of the molecule is CC.Cc1[nH]n(C)c(=O)c1C1C([O-])C(C=C2N(C)c3ccccc3C2(C)C)C1[O-]. The summed E-state index contributed by atoms with van der Waals surface area (Å²) in [6.45, 7) is 9.97. The summed E-state index contributed by atoms with van der Waals surface area (Å²) in [5.41, 5.74) is 3.71. The lowest BCUT2D eigenvalue weighted by molar-refractivity contribution is -0.543. The molecule has 2 aromatic rings. The van der Waals surface area contributed by atoms with Crippen LogP contribution in [0, 0.1) is 12.8 Å². The minimum atomic E-state index is -1.10. The molecule has 158 valence electrons. The number of likely N-dealkylation sites (N-methyl/N-ethyl adjacent to an activating group) is 1. The van der Waals surface area contributed by atoms with Crippen LogP contribution in [0.1, 0.15) is 50.4 Å². The standard InChI is InChI=1S/C21H25N3O3.C2H6/c1-11-16(20(27)24(5)22-11)17-18(25)12(19(17)26)10-15-21(2,3)13-8-6-7-9-14(13)23(15)4;1-2/h6-10,12,17-19,22H,1-5H3;1-2H3/q-2;. The summed E-state index contributed by atoms with van der Waals surface area (Å²) >= 11 is 0. The molecular weight excluding hydrogens is 366 g/mol. The Morgan fingerprint density at radius 1 is 1.10 bits per heavy atom. The van der Waals surface area contributed by atoms with E-state index in [0.29, 0.717) is 11.3 Å². The van der Waals surface area contributed by atoms with Crippen molar-refractivity contribution in [2.24, 2.45) is 13.0 Å². The quantitative estimate of drug-likeness (QED) is 0.833. The van der Waals surface area contributed by atoms with Gasteiger partial charge in [-0.3, -0.25) is 14.6 Å². The van der Waals surface area contributed by atoms with E-state index in [1.54, 1.807) is 14.0 Å². The number of hydrogen-bond donors (Lipinski definition) is 1. The first-order valence-corrected chi connectivity index (χ1v) is 10.3. The highest BCUT2D eigenvalue weighted by Crippen LogP contribution is 2.49. The molecule has 4 rings (SSSR count). The molecule has 6 nitrogen and oxygen atoms in total. The van der Waals surface area contributed by atoms with Crippen molar-refractivity contribution >= 4 is 5.69 Å². The number of nitrogens with one attached hydrogen (secondary N) is 1. The van der Waals surface area contributed by atoms with E-state index in [4.69, 9.17) is 0 Å². The lowest BCUT2D eigenvalue weighted by Crippen LogP contribution is -2.65. The second-order valence-corrected chi connectivity index (χ2v) is 8.30. The molecule has 29 heavy (non-hydrogen) atoms. The highest BCUT2D eigenvalue weighted by Gasteiger charge is 2.43. The molecular formula is C23H31N3O3-2. The van der Waals surface area contributed by atoms with E-state index in [1.165, 1.54) is 10.2 Å². The molecule has 1 aliphatic carbocycles. The van der Waals surface area contributed by atoms with Gasteiger partial charge < -0.3 is 15.1 Å². The highest BCUT2D eigenvalue weighted by molar-refractivity contribution is 5.69. The van der Waals surface area contributed by atoms with Gasteiger partial charge in [0.05, 0.1) is 0 Å². The van der Waals surface area contributed by atoms with E-state index < -0.39 is 24.0 Å². The molecule has 1 N–H and O–H groups in total. The van der Waals surface area contributed by atoms with Gasteiger partial charge in [-0.1, -0.05) is 52.0 Å². The zero-order chi connectivity index (χ0) is 21.7. The van der Waals surface area contributed by atoms with Crippen LogP contribution in [0.25, 0.3) is 0 Å². The van der Waals surface area contributed by atoms with Gasteiger partial charge in [-0.2, -0.15) is 0 Å². The van der Waals surface area contributed by atoms with Gasteiger partial charge in [0, 0.05) is 42.2 Å². The minimum absolute atomic E-state index is 0.268. The zero-order valence-corrected chi connectivity index (χ0v) is 18.3. The van der Waals surface area contributed by atoms with Crippen molar-refractivity contribution in [2.75, 3.05) is 11.9 Å². The van der Waals surface area contributed by atoms with Crippen LogP contribution in [0.5, 0.6) is 0 Å². The fraction of sp³-hybridized carbons (Fsp3) is 0.522. The summed E-state index contributed by atoms with van der Waals surface area (Å²) in [4.78, 5) is 14.4. The molecule has 0 bridgehead atoms. The predicted octanol–water partition coefficient (Wildman–Crippen LogP) is 1.53. The summed E-state index contributed by atoms with van der Waals surface area (Å²) in [6, 6.07) is 8.14. The number of aromatic amines is 1. The molecule has 1 aliphatic heterocycles. The van der Waals surface area contributed by atoms with Gasteiger partial charge in [-0.15, -0.1) is 12.2 Å². The molecule has 6 heteroatoms. The molecule has 1 aromatic carbocycles. The van der Waals surface area contributed by atoms with Gasteiger partial charge in [0.25, 0.3) is 5.56 Å². The molecule has 2 unspecified atom stereocenters. The third-order valence-corrected chi connectivity index (χ3v) is 6.37. The van der Waals surface area contributed by atoms with Gasteiger partial charge in [-0.25, -0.2) is 0 Å². The number of para-hydroxylation sites is 1. The summed E-state index contributed by atoms with van der Waals surface area (Å²) in [5, 5.41) is 28.7. The van der Waals surface area contributed by atoms with Gasteiger partial charge >= 0.3 is 0 Å². The monoisotopic (exact) mass is 397 g/mol. The number of aryl methyl sites for hydroxylation is 2. The van der Waals surface area contributed by atoms with E-state index in [-0.39, 0.29) is 11.0 Å². The Kier molecular flexibility index (Phi) is 5.54. The van der Waals surface area contributed by atoms with Gasteiger partial charge in [0.15, 0.2) is 0 Å². The largest absolute Gasteiger partial charge is 0.851 e. The van der Waals surface area contributed by atoms with Gasteiger partial charge in [0.2, 0.25) is 0 Å². The van der Waals surface area contributed by atoms with E-state index >= 15 is 0 Å². The molecule has 2 heterocycles. The Hall–Kier alpha value is -2.31. The predicted molar refractivity (Wildman–Crippen MR) is 112 cm³/mol. The van der Waals surface area contributed by atoms with Crippen LogP contribution in [-0.2, 0) is 12.5 Å². The van der Waals surface area contributed by atoms with Crippen LogP contribution in [0.2, 0.25) is 0 Å². The Morgan fingerprint density at radius 2 is 1.69 bits per heavy atom. The number of fused-ring (bicyclic) bond motifs is 1.